The molecule has 1 heterocycles. The Labute approximate surface area is 149 Å². The summed E-state index contributed by atoms with van der Waals surface area (Å²) in [5.41, 5.74) is 2.12. The van der Waals surface area contributed by atoms with E-state index in [0.717, 1.165) is 27.1 Å². The van der Waals surface area contributed by atoms with Crippen LogP contribution in [0.2, 0.25) is 0 Å². The van der Waals surface area contributed by atoms with Crippen molar-refractivity contribution in [1.29, 1.82) is 0 Å². The van der Waals surface area contributed by atoms with E-state index >= 15 is 0 Å². The maximum atomic E-state index is 11.9. The number of furan rings is 1. The molecule has 24 heavy (non-hydrogen) atoms. The monoisotopic (exact) mass is 383 g/mol. The van der Waals surface area contributed by atoms with Crippen molar-refractivity contribution >= 4 is 21.8 Å². The Kier molecular flexibility index (Phi) is 5.49. The molecule has 4 heteroatoms. The van der Waals surface area contributed by atoms with E-state index in [2.05, 4.69) is 21.2 Å². The third-order valence-electron chi connectivity index (χ3n) is 3.72. The highest BCUT2D eigenvalue weighted by atomic mass is 79.9. The lowest BCUT2D eigenvalue weighted by Gasteiger charge is -2.04. The van der Waals surface area contributed by atoms with E-state index in [9.17, 15) is 4.79 Å². The number of benzene rings is 2. The molecule has 0 saturated carbocycles. The van der Waals surface area contributed by atoms with E-state index in [-0.39, 0.29) is 5.91 Å². The quantitative estimate of drug-likeness (QED) is 0.653. The van der Waals surface area contributed by atoms with Crippen molar-refractivity contribution in [2.75, 3.05) is 0 Å². The van der Waals surface area contributed by atoms with Crippen LogP contribution in [0.1, 0.15) is 17.7 Å². The fourth-order valence-electron chi connectivity index (χ4n) is 2.40. The summed E-state index contributed by atoms with van der Waals surface area (Å²) >= 11 is 3.42. The molecule has 122 valence electrons. The van der Waals surface area contributed by atoms with Gasteiger partial charge in [-0.3, -0.25) is 4.79 Å². The summed E-state index contributed by atoms with van der Waals surface area (Å²) in [5, 5.41) is 2.93. The van der Waals surface area contributed by atoms with Gasteiger partial charge in [-0.05, 0) is 29.8 Å². The fraction of sp³-hybridized carbons (Fsp3) is 0.150. The number of aryl methyl sites for hydroxylation is 1. The normalized spacial score (nSPS) is 10.5. The Balaban J connectivity index is 1.50. The van der Waals surface area contributed by atoms with Gasteiger partial charge in [0.2, 0.25) is 5.91 Å². The summed E-state index contributed by atoms with van der Waals surface area (Å²) in [6.45, 7) is 0.558. The van der Waals surface area contributed by atoms with Crippen LogP contribution in [-0.2, 0) is 17.8 Å². The number of rotatable bonds is 6. The molecular formula is C20H18BrNO2. The zero-order valence-corrected chi connectivity index (χ0v) is 14.8. The van der Waals surface area contributed by atoms with E-state index < -0.39 is 0 Å². The average Bonchev–Trinajstić information content (AvgIpc) is 3.09. The van der Waals surface area contributed by atoms with Crippen LogP contribution in [0.5, 0.6) is 0 Å². The summed E-state index contributed by atoms with van der Waals surface area (Å²) < 4.78 is 6.86. The topological polar surface area (TPSA) is 42.2 Å². The molecule has 0 radical (unpaired) electrons. The molecule has 3 aromatic rings. The van der Waals surface area contributed by atoms with E-state index in [1.54, 1.807) is 0 Å². The molecule has 1 amide bonds. The van der Waals surface area contributed by atoms with Crippen LogP contribution in [0.4, 0.5) is 0 Å². The number of carbonyl (C=O) groups excluding carboxylic acids is 1. The molecule has 1 aromatic heterocycles. The van der Waals surface area contributed by atoms with Crippen molar-refractivity contribution in [3.8, 4) is 11.3 Å². The maximum absolute atomic E-state index is 11.9. The lowest BCUT2D eigenvalue weighted by Crippen LogP contribution is -2.22. The summed E-state index contributed by atoms with van der Waals surface area (Å²) in [7, 11) is 0. The molecule has 0 fully saturated rings. The predicted octanol–water partition coefficient (Wildman–Crippen LogP) is 4.96. The van der Waals surface area contributed by atoms with Gasteiger partial charge in [0, 0.05) is 29.4 Å². The van der Waals surface area contributed by atoms with Crippen molar-refractivity contribution in [2.24, 2.45) is 0 Å². The van der Waals surface area contributed by atoms with Crippen molar-refractivity contribution in [3.05, 3.63) is 82.5 Å². The molecule has 0 aliphatic rings. The zero-order chi connectivity index (χ0) is 16.8. The summed E-state index contributed by atoms with van der Waals surface area (Å²) in [4.78, 5) is 11.9. The Morgan fingerprint density at radius 2 is 1.71 bits per heavy atom. The molecule has 0 aliphatic carbocycles. The van der Waals surface area contributed by atoms with Gasteiger partial charge in [-0.2, -0.15) is 0 Å². The Bertz CT molecular complexity index is 794. The van der Waals surface area contributed by atoms with Gasteiger partial charge in [0.25, 0.3) is 0 Å². The number of carbonyl (C=O) groups is 1. The summed E-state index contributed by atoms with van der Waals surface area (Å²) in [6, 6.07) is 21.7. The van der Waals surface area contributed by atoms with Gasteiger partial charge in [0.1, 0.15) is 11.5 Å². The van der Waals surface area contributed by atoms with Crippen LogP contribution >= 0.6 is 15.9 Å². The molecule has 1 N–H and O–H groups in total. The first kappa shape index (κ1) is 16.5. The van der Waals surface area contributed by atoms with Crippen LogP contribution in [-0.4, -0.2) is 5.91 Å². The third kappa shape index (κ3) is 4.59. The largest absolute Gasteiger partial charge is 0.461 e. The molecule has 0 saturated heterocycles. The third-order valence-corrected chi connectivity index (χ3v) is 4.25. The standard InChI is InChI=1S/C20H18BrNO2/c21-17-8-6-16(7-9-17)19-12-10-18(24-19)11-13-20(23)22-14-15-4-2-1-3-5-15/h1-10,12H,11,13-14H2,(H,22,23). The molecule has 0 unspecified atom stereocenters. The SMILES string of the molecule is O=C(CCc1ccc(-c2ccc(Br)cc2)o1)NCc1ccccc1. The van der Waals surface area contributed by atoms with Gasteiger partial charge in [0.15, 0.2) is 0 Å². The Morgan fingerprint density at radius 1 is 0.958 bits per heavy atom. The molecule has 0 spiro atoms. The number of halogens is 1. The Morgan fingerprint density at radius 3 is 2.46 bits per heavy atom. The zero-order valence-electron chi connectivity index (χ0n) is 13.2. The van der Waals surface area contributed by atoms with Crippen LogP contribution in [0.25, 0.3) is 11.3 Å². The molecule has 2 aromatic carbocycles. The minimum atomic E-state index is 0.0282. The first-order valence-electron chi connectivity index (χ1n) is 7.86. The van der Waals surface area contributed by atoms with Crippen molar-refractivity contribution in [2.45, 2.75) is 19.4 Å². The van der Waals surface area contributed by atoms with E-state index in [4.69, 9.17) is 4.42 Å². The highest BCUT2D eigenvalue weighted by Gasteiger charge is 2.07. The average molecular weight is 384 g/mol. The highest BCUT2D eigenvalue weighted by Crippen LogP contribution is 2.24. The van der Waals surface area contributed by atoms with Gasteiger partial charge in [0.05, 0.1) is 0 Å². The number of amides is 1. The first-order chi connectivity index (χ1) is 11.7. The minimum Gasteiger partial charge on any atom is -0.461 e. The molecule has 3 rings (SSSR count). The lowest BCUT2D eigenvalue weighted by molar-refractivity contribution is -0.121. The van der Waals surface area contributed by atoms with Crippen LogP contribution in [0.15, 0.2) is 75.6 Å². The van der Waals surface area contributed by atoms with Crippen LogP contribution in [0, 0.1) is 0 Å². The van der Waals surface area contributed by atoms with E-state index in [1.807, 2.05) is 66.7 Å². The highest BCUT2D eigenvalue weighted by molar-refractivity contribution is 9.10. The molecule has 0 bridgehead atoms. The number of hydrogen-bond acceptors (Lipinski definition) is 2. The van der Waals surface area contributed by atoms with Gasteiger partial charge in [-0.1, -0.05) is 58.4 Å². The summed E-state index contributed by atoms with van der Waals surface area (Å²) in [5.74, 6) is 1.67. The van der Waals surface area contributed by atoms with E-state index in [0.29, 0.717) is 19.4 Å². The number of nitrogens with one attached hydrogen (secondary N) is 1. The van der Waals surface area contributed by atoms with Crippen molar-refractivity contribution < 1.29 is 9.21 Å². The van der Waals surface area contributed by atoms with Crippen LogP contribution < -0.4 is 5.32 Å². The molecule has 0 atom stereocenters. The van der Waals surface area contributed by atoms with Crippen molar-refractivity contribution in [1.82, 2.24) is 5.32 Å². The van der Waals surface area contributed by atoms with Gasteiger partial charge in [-0.25, -0.2) is 0 Å². The minimum absolute atomic E-state index is 0.0282. The fourth-order valence-corrected chi connectivity index (χ4v) is 2.67. The maximum Gasteiger partial charge on any atom is 0.220 e. The summed E-state index contributed by atoms with van der Waals surface area (Å²) in [6.07, 6.45) is 1.01. The number of hydrogen-bond donors (Lipinski definition) is 1. The Hall–Kier alpha value is -2.33. The first-order valence-corrected chi connectivity index (χ1v) is 8.65. The van der Waals surface area contributed by atoms with Gasteiger partial charge >= 0.3 is 0 Å². The molecule has 0 aliphatic heterocycles. The molecular weight excluding hydrogens is 366 g/mol. The van der Waals surface area contributed by atoms with Gasteiger partial charge in [-0.15, -0.1) is 0 Å². The lowest BCUT2D eigenvalue weighted by atomic mass is 10.2. The van der Waals surface area contributed by atoms with Crippen LogP contribution in [0.3, 0.4) is 0 Å². The second-order valence-corrected chi connectivity index (χ2v) is 6.45. The smallest absolute Gasteiger partial charge is 0.220 e. The van der Waals surface area contributed by atoms with Gasteiger partial charge < -0.3 is 9.73 Å². The second-order valence-electron chi connectivity index (χ2n) is 5.54. The van der Waals surface area contributed by atoms with Crippen molar-refractivity contribution in [3.63, 3.8) is 0 Å². The predicted molar refractivity (Wildman–Crippen MR) is 98.5 cm³/mol. The second kappa shape index (κ2) is 7.97. The van der Waals surface area contributed by atoms with E-state index in [1.165, 1.54) is 0 Å². The molecule has 3 nitrogen and oxygen atoms in total.